The van der Waals surface area contributed by atoms with Crippen molar-refractivity contribution < 1.29 is 0 Å². The zero-order valence-electron chi connectivity index (χ0n) is 15.9. The second-order valence-corrected chi connectivity index (χ2v) is 7.68. The molecular weight excluding hydrogens is 298 g/mol. The first-order valence-corrected chi connectivity index (χ1v) is 9.57. The first kappa shape index (κ1) is 17.3. The number of rotatable bonds is 3. The van der Waals surface area contributed by atoms with Gasteiger partial charge in [-0.2, -0.15) is 5.10 Å². The van der Waals surface area contributed by atoms with Crippen LogP contribution in [0.3, 0.4) is 0 Å². The molecule has 5 nitrogen and oxygen atoms in total. The van der Waals surface area contributed by atoms with E-state index >= 15 is 0 Å². The molecule has 0 amide bonds. The van der Waals surface area contributed by atoms with Gasteiger partial charge in [-0.05, 0) is 45.4 Å². The second-order valence-electron chi connectivity index (χ2n) is 7.68. The Morgan fingerprint density at radius 3 is 2.58 bits per heavy atom. The van der Waals surface area contributed by atoms with Crippen LogP contribution in [0.15, 0.2) is 4.99 Å². The minimum Gasteiger partial charge on any atom is -0.357 e. The fourth-order valence-corrected chi connectivity index (χ4v) is 4.45. The lowest BCUT2D eigenvalue weighted by atomic mass is 9.73. The van der Waals surface area contributed by atoms with E-state index < -0.39 is 0 Å². The van der Waals surface area contributed by atoms with E-state index in [1.807, 2.05) is 11.7 Å². The second kappa shape index (κ2) is 7.16. The molecule has 2 heterocycles. The minimum absolute atomic E-state index is 0.564. The van der Waals surface area contributed by atoms with Crippen LogP contribution in [0.2, 0.25) is 0 Å². The summed E-state index contributed by atoms with van der Waals surface area (Å²) in [4.78, 5) is 7.45. The van der Waals surface area contributed by atoms with Gasteiger partial charge in [0.25, 0.3) is 0 Å². The van der Waals surface area contributed by atoms with E-state index in [9.17, 15) is 0 Å². The Morgan fingerprint density at radius 2 is 1.96 bits per heavy atom. The van der Waals surface area contributed by atoms with E-state index in [0.29, 0.717) is 5.41 Å². The van der Waals surface area contributed by atoms with Gasteiger partial charge in [-0.1, -0.05) is 19.3 Å². The molecule has 1 saturated carbocycles. The monoisotopic (exact) mass is 331 g/mol. The van der Waals surface area contributed by atoms with Gasteiger partial charge in [0, 0.05) is 37.9 Å². The molecular formula is C19H33N5. The smallest absolute Gasteiger partial charge is 0.194 e. The van der Waals surface area contributed by atoms with E-state index in [-0.39, 0.29) is 0 Å². The van der Waals surface area contributed by atoms with Crippen molar-refractivity contribution in [1.29, 1.82) is 0 Å². The highest BCUT2D eigenvalue weighted by Crippen LogP contribution is 2.43. The number of nitrogens with zero attached hydrogens (tertiary/aromatic N) is 4. The van der Waals surface area contributed by atoms with Crippen LogP contribution < -0.4 is 5.32 Å². The summed E-state index contributed by atoms with van der Waals surface area (Å²) in [5.74, 6) is 1.09. The van der Waals surface area contributed by atoms with Gasteiger partial charge in [0.05, 0.1) is 12.2 Å². The Morgan fingerprint density at radius 1 is 1.21 bits per heavy atom. The summed E-state index contributed by atoms with van der Waals surface area (Å²) in [6.07, 6.45) is 8.40. The average molecular weight is 332 g/mol. The lowest BCUT2D eigenvalue weighted by Gasteiger charge is -2.33. The molecule has 134 valence electrons. The Bertz CT molecular complexity index is 595. The first-order chi connectivity index (χ1) is 11.5. The van der Waals surface area contributed by atoms with Crippen molar-refractivity contribution in [3.8, 4) is 0 Å². The normalized spacial score (nSPS) is 20.8. The van der Waals surface area contributed by atoms with Gasteiger partial charge in [0.1, 0.15) is 0 Å². The Kier molecular flexibility index (Phi) is 5.16. The molecule has 1 N–H and O–H groups in total. The predicted octanol–water partition coefficient (Wildman–Crippen LogP) is 3.16. The summed E-state index contributed by atoms with van der Waals surface area (Å²) in [5, 5.41) is 8.02. The third kappa shape index (κ3) is 3.45. The maximum atomic E-state index is 4.96. The van der Waals surface area contributed by atoms with Crippen molar-refractivity contribution in [3.05, 3.63) is 17.0 Å². The third-order valence-corrected chi connectivity index (χ3v) is 6.03. The number of hydrogen-bond donors (Lipinski definition) is 1. The van der Waals surface area contributed by atoms with Gasteiger partial charge in [-0.15, -0.1) is 0 Å². The number of hydrogen-bond acceptors (Lipinski definition) is 2. The summed E-state index contributed by atoms with van der Waals surface area (Å²) in [6.45, 7) is 10.3. The number of aryl methyl sites for hydroxylation is 2. The molecule has 3 rings (SSSR count). The summed E-state index contributed by atoms with van der Waals surface area (Å²) >= 11 is 0. The maximum Gasteiger partial charge on any atom is 0.194 e. The average Bonchev–Trinajstić information content (AvgIpc) is 3.07. The van der Waals surface area contributed by atoms with Gasteiger partial charge in [0.15, 0.2) is 5.96 Å². The summed E-state index contributed by atoms with van der Waals surface area (Å²) in [7, 11) is 2.01. The predicted molar refractivity (Wildman–Crippen MR) is 99.2 cm³/mol. The van der Waals surface area contributed by atoms with E-state index in [0.717, 1.165) is 31.3 Å². The van der Waals surface area contributed by atoms with Crippen molar-refractivity contribution in [2.75, 3.05) is 19.6 Å². The molecule has 1 aromatic heterocycles. The zero-order chi connectivity index (χ0) is 17.2. The minimum atomic E-state index is 0.564. The molecule has 0 unspecified atom stereocenters. The van der Waals surface area contributed by atoms with Crippen molar-refractivity contribution in [1.82, 2.24) is 20.0 Å². The quantitative estimate of drug-likeness (QED) is 0.683. The van der Waals surface area contributed by atoms with Crippen molar-refractivity contribution in [3.63, 3.8) is 0 Å². The van der Waals surface area contributed by atoms with Crippen LogP contribution >= 0.6 is 0 Å². The lowest BCUT2D eigenvalue weighted by molar-refractivity contribution is 0.203. The molecule has 1 saturated heterocycles. The molecule has 1 spiro atoms. The van der Waals surface area contributed by atoms with Crippen molar-refractivity contribution in [2.45, 2.75) is 65.8 Å². The largest absolute Gasteiger partial charge is 0.357 e. The summed E-state index contributed by atoms with van der Waals surface area (Å²) in [6, 6.07) is 0. The van der Waals surface area contributed by atoms with Crippen LogP contribution in [-0.2, 0) is 13.6 Å². The molecule has 1 aliphatic carbocycles. The molecule has 2 fully saturated rings. The summed E-state index contributed by atoms with van der Waals surface area (Å²) in [5.41, 5.74) is 4.14. The highest BCUT2D eigenvalue weighted by molar-refractivity contribution is 5.80. The number of aliphatic imine (C=N–C) groups is 1. The molecule has 5 heteroatoms. The van der Waals surface area contributed by atoms with Crippen LogP contribution in [0, 0.1) is 19.3 Å². The molecule has 0 aromatic carbocycles. The van der Waals surface area contributed by atoms with Crippen LogP contribution in [0.1, 0.15) is 62.4 Å². The fourth-order valence-electron chi connectivity index (χ4n) is 4.45. The van der Waals surface area contributed by atoms with Gasteiger partial charge in [-0.3, -0.25) is 4.68 Å². The van der Waals surface area contributed by atoms with Gasteiger partial charge >= 0.3 is 0 Å². The van der Waals surface area contributed by atoms with E-state index in [2.05, 4.69) is 36.1 Å². The highest BCUT2D eigenvalue weighted by Gasteiger charge is 2.39. The number of likely N-dealkylation sites (tertiary alicyclic amines) is 1. The molecule has 0 atom stereocenters. The first-order valence-electron chi connectivity index (χ1n) is 9.57. The van der Waals surface area contributed by atoms with E-state index in [1.165, 1.54) is 56.3 Å². The third-order valence-electron chi connectivity index (χ3n) is 6.03. The van der Waals surface area contributed by atoms with Crippen molar-refractivity contribution >= 4 is 5.96 Å². The highest BCUT2D eigenvalue weighted by atomic mass is 15.3. The van der Waals surface area contributed by atoms with Crippen LogP contribution in [-0.4, -0.2) is 40.3 Å². The fraction of sp³-hybridized carbons (Fsp3) is 0.789. The number of guanidine groups is 1. The SMILES string of the molecule is CCNC(=NCc1c(C)nn(C)c1C)N1CCC2(CCCCC2)C1. The Hall–Kier alpha value is -1.52. The van der Waals surface area contributed by atoms with Crippen molar-refractivity contribution in [2.24, 2.45) is 17.5 Å². The van der Waals surface area contributed by atoms with Gasteiger partial charge < -0.3 is 10.2 Å². The Labute approximate surface area is 146 Å². The van der Waals surface area contributed by atoms with Crippen LogP contribution in [0.5, 0.6) is 0 Å². The number of aromatic nitrogens is 2. The molecule has 2 aliphatic rings. The molecule has 1 aliphatic heterocycles. The zero-order valence-corrected chi connectivity index (χ0v) is 15.9. The van der Waals surface area contributed by atoms with Gasteiger partial charge in [-0.25, -0.2) is 4.99 Å². The van der Waals surface area contributed by atoms with E-state index in [4.69, 9.17) is 4.99 Å². The molecule has 0 bridgehead atoms. The standard InChI is InChI=1S/C19H33N5/c1-5-20-18(21-13-17-15(2)22-23(4)16(17)3)24-12-11-19(14-24)9-7-6-8-10-19/h5-14H2,1-4H3,(H,20,21). The lowest BCUT2D eigenvalue weighted by Crippen LogP contribution is -2.41. The van der Waals surface area contributed by atoms with Crippen LogP contribution in [0.4, 0.5) is 0 Å². The molecule has 24 heavy (non-hydrogen) atoms. The Balaban J connectivity index is 1.72. The summed E-state index contributed by atoms with van der Waals surface area (Å²) < 4.78 is 1.96. The maximum absolute atomic E-state index is 4.96. The molecule has 1 aromatic rings. The van der Waals surface area contributed by atoms with Crippen LogP contribution in [0.25, 0.3) is 0 Å². The van der Waals surface area contributed by atoms with E-state index in [1.54, 1.807) is 0 Å². The topological polar surface area (TPSA) is 45.5 Å². The van der Waals surface area contributed by atoms with Gasteiger partial charge in [0.2, 0.25) is 0 Å². The molecule has 0 radical (unpaired) electrons. The number of nitrogens with one attached hydrogen (secondary N) is 1.